The Morgan fingerprint density at radius 3 is 2.77 bits per heavy atom. The van der Waals surface area contributed by atoms with Gasteiger partial charge in [0.1, 0.15) is 0 Å². The van der Waals surface area contributed by atoms with Gasteiger partial charge in [-0.1, -0.05) is 6.92 Å². The maximum absolute atomic E-state index is 11.1. The Labute approximate surface area is 79.3 Å². The Hall–Kier alpha value is -0.610. The van der Waals surface area contributed by atoms with E-state index in [1.165, 1.54) is 0 Å². The predicted octanol–water partition coefficient (Wildman–Crippen LogP) is 0.300. The van der Waals surface area contributed by atoms with Crippen LogP contribution in [0.5, 0.6) is 0 Å². The van der Waals surface area contributed by atoms with Crippen LogP contribution in [0.15, 0.2) is 0 Å². The first-order chi connectivity index (χ1) is 6.20. The molecular formula is C9H19NO3. The van der Waals surface area contributed by atoms with Crippen molar-refractivity contribution in [3.05, 3.63) is 0 Å². The zero-order valence-corrected chi connectivity index (χ0v) is 8.38. The molecule has 4 nitrogen and oxygen atoms in total. The standard InChI is InChI=1S/C9H19NO3/c1-3-5-13-6-4-9(12)10-8(2)7-11/h8,11H,3-7H2,1-2H3,(H,10,12)/t8-/m0/s1. The van der Waals surface area contributed by atoms with E-state index in [0.717, 1.165) is 6.42 Å². The third-order valence-corrected chi connectivity index (χ3v) is 1.50. The van der Waals surface area contributed by atoms with Crippen molar-refractivity contribution in [1.29, 1.82) is 0 Å². The van der Waals surface area contributed by atoms with Crippen molar-refractivity contribution in [2.24, 2.45) is 0 Å². The number of nitrogens with one attached hydrogen (secondary N) is 1. The fourth-order valence-corrected chi connectivity index (χ4v) is 0.804. The van der Waals surface area contributed by atoms with Gasteiger partial charge in [0.15, 0.2) is 0 Å². The van der Waals surface area contributed by atoms with E-state index < -0.39 is 0 Å². The number of amides is 1. The van der Waals surface area contributed by atoms with Crippen LogP contribution in [-0.2, 0) is 9.53 Å². The van der Waals surface area contributed by atoms with Crippen LogP contribution in [0.4, 0.5) is 0 Å². The maximum Gasteiger partial charge on any atom is 0.222 e. The quantitative estimate of drug-likeness (QED) is 0.566. The molecule has 2 N–H and O–H groups in total. The second kappa shape index (κ2) is 8.01. The van der Waals surface area contributed by atoms with E-state index >= 15 is 0 Å². The zero-order valence-electron chi connectivity index (χ0n) is 8.38. The normalized spacial score (nSPS) is 12.5. The molecule has 0 fully saturated rings. The second-order valence-electron chi connectivity index (χ2n) is 3.01. The van der Waals surface area contributed by atoms with Gasteiger partial charge in [-0.15, -0.1) is 0 Å². The molecule has 0 aliphatic carbocycles. The molecule has 0 aromatic carbocycles. The molecular weight excluding hydrogens is 170 g/mol. The molecule has 13 heavy (non-hydrogen) atoms. The van der Waals surface area contributed by atoms with Gasteiger partial charge in [-0.3, -0.25) is 4.79 Å². The summed E-state index contributed by atoms with van der Waals surface area (Å²) in [5.41, 5.74) is 0. The van der Waals surface area contributed by atoms with E-state index in [1.807, 2.05) is 6.92 Å². The summed E-state index contributed by atoms with van der Waals surface area (Å²) in [6.45, 7) is 4.90. The molecule has 0 heterocycles. The van der Waals surface area contributed by atoms with Crippen molar-refractivity contribution in [1.82, 2.24) is 5.32 Å². The number of hydrogen-bond donors (Lipinski definition) is 2. The Balaban J connectivity index is 3.30. The molecule has 0 spiro atoms. The summed E-state index contributed by atoms with van der Waals surface area (Å²) in [5, 5.41) is 11.3. The summed E-state index contributed by atoms with van der Waals surface area (Å²) in [6, 6.07) is -0.168. The van der Waals surface area contributed by atoms with Gasteiger partial charge in [0.25, 0.3) is 0 Å². The van der Waals surface area contributed by atoms with Crippen molar-refractivity contribution in [3.63, 3.8) is 0 Å². The molecule has 4 heteroatoms. The maximum atomic E-state index is 11.1. The summed E-state index contributed by atoms with van der Waals surface area (Å²) < 4.78 is 5.15. The van der Waals surface area contributed by atoms with Crippen LogP contribution >= 0.6 is 0 Å². The molecule has 0 unspecified atom stereocenters. The van der Waals surface area contributed by atoms with Crippen LogP contribution in [-0.4, -0.2) is 36.9 Å². The van der Waals surface area contributed by atoms with Gasteiger partial charge in [0.2, 0.25) is 5.91 Å². The average Bonchev–Trinajstić information content (AvgIpc) is 2.12. The Morgan fingerprint density at radius 1 is 1.54 bits per heavy atom. The van der Waals surface area contributed by atoms with Crippen LogP contribution in [0.2, 0.25) is 0 Å². The number of carbonyl (C=O) groups is 1. The highest BCUT2D eigenvalue weighted by molar-refractivity contribution is 5.76. The Morgan fingerprint density at radius 2 is 2.23 bits per heavy atom. The van der Waals surface area contributed by atoms with Gasteiger partial charge in [-0.2, -0.15) is 0 Å². The number of ether oxygens (including phenoxy) is 1. The van der Waals surface area contributed by atoms with Gasteiger partial charge in [-0.25, -0.2) is 0 Å². The molecule has 0 saturated carbocycles. The molecule has 78 valence electrons. The minimum atomic E-state index is -0.168. The van der Waals surface area contributed by atoms with Crippen LogP contribution in [0.1, 0.15) is 26.7 Å². The summed E-state index contributed by atoms with van der Waals surface area (Å²) in [7, 11) is 0. The van der Waals surface area contributed by atoms with E-state index in [9.17, 15) is 4.79 Å². The number of aliphatic hydroxyl groups is 1. The van der Waals surface area contributed by atoms with Gasteiger partial charge in [0, 0.05) is 19.1 Å². The highest BCUT2D eigenvalue weighted by Gasteiger charge is 2.04. The van der Waals surface area contributed by atoms with Gasteiger partial charge in [0.05, 0.1) is 13.2 Å². The monoisotopic (exact) mass is 189 g/mol. The minimum Gasteiger partial charge on any atom is -0.394 e. The topological polar surface area (TPSA) is 58.6 Å². The van der Waals surface area contributed by atoms with Crippen LogP contribution in [0.3, 0.4) is 0 Å². The number of rotatable bonds is 7. The lowest BCUT2D eigenvalue weighted by atomic mass is 10.3. The molecule has 0 aliphatic heterocycles. The fraction of sp³-hybridized carbons (Fsp3) is 0.889. The van der Waals surface area contributed by atoms with Crippen LogP contribution < -0.4 is 5.32 Å². The smallest absolute Gasteiger partial charge is 0.222 e. The first-order valence-corrected chi connectivity index (χ1v) is 4.68. The van der Waals surface area contributed by atoms with Crippen molar-refractivity contribution in [2.75, 3.05) is 19.8 Å². The van der Waals surface area contributed by atoms with Gasteiger partial charge in [-0.05, 0) is 13.3 Å². The van der Waals surface area contributed by atoms with Crippen molar-refractivity contribution < 1.29 is 14.6 Å². The summed E-state index contributed by atoms with van der Waals surface area (Å²) in [5.74, 6) is -0.0716. The fourth-order valence-electron chi connectivity index (χ4n) is 0.804. The molecule has 0 aromatic rings. The largest absolute Gasteiger partial charge is 0.394 e. The molecule has 0 radical (unpaired) electrons. The van der Waals surface area contributed by atoms with E-state index in [2.05, 4.69) is 5.32 Å². The molecule has 0 rings (SSSR count). The lowest BCUT2D eigenvalue weighted by Crippen LogP contribution is -2.35. The lowest BCUT2D eigenvalue weighted by molar-refractivity contribution is -0.123. The van der Waals surface area contributed by atoms with Crippen LogP contribution in [0, 0.1) is 0 Å². The van der Waals surface area contributed by atoms with Crippen molar-refractivity contribution >= 4 is 5.91 Å². The third-order valence-electron chi connectivity index (χ3n) is 1.50. The molecule has 0 bridgehead atoms. The van der Waals surface area contributed by atoms with Gasteiger partial charge >= 0.3 is 0 Å². The Bertz CT molecular complexity index is 139. The summed E-state index contributed by atoms with van der Waals surface area (Å²) in [4.78, 5) is 11.1. The zero-order chi connectivity index (χ0) is 10.1. The third kappa shape index (κ3) is 7.74. The van der Waals surface area contributed by atoms with Crippen molar-refractivity contribution in [2.45, 2.75) is 32.7 Å². The highest BCUT2D eigenvalue weighted by Crippen LogP contribution is 1.87. The first kappa shape index (κ1) is 12.4. The van der Waals surface area contributed by atoms with Gasteiger partial charge < -0.3 is 15.2 Å². The SMILES string of the molecule is CCCOCCC(=O)N[C@@H](C)CO. The van der Waals surface area contributed by atoms with E-state index in [4.69, 9.17) is 9.84 Å². The number of aliphatic hydroxyl groups excluding tert-OH is 1. The summed E-state index contributed by atoms with van der Waals surface area (Å²) >= 11 is 0. The highest BCUT2D eigenvalue weighted by atomic mass is 16.5. The predicted molar refractivity (Wildman–Crippen MR) is 50.4 cm³/mol. The van der Waals surface area contributed by atoms with Crippen molar-refractivity contribution in [3.8, 4) is 0 Å². The molecule has 1 amide bonds. The molecule has 0 aromatic heterocycles. The van der Waals surface area contributed by atoms with E-state index in [0.29, 0.717) is 19.6 Å². The Kier molecular flexibility index (Phi) is 7.63. The van der Waals surface area contributed by atoms with E-state index in [1.54, 1.807) is 6.92 Å². The minimum absolute atomic E-state index is 0.0262. The number of carbonyl (C=O) groups excluding carboxylic acids is 1. The van der Waals surface area contributed by atoms with E-state index in [-0.39, 0.29) is 18.6 Å². The number of hydrogen-bond acceptors (Lipinski definition) is 3. The molecule has 0 saturated heterocycles. The molecule has 0 aliphatic rings. The van der Waals surface area contributed by atoms with Crippen LogP contribution in [0.25, 0.3) is 0 Å². The summed E-state index contributed by atoms with van der Waals surface area (Å²) in [6.07, 6.45) is 1.33. The second-order valence-corrected chi connectivity index (χ2v) is 3.01. The molecule has 1 atom stereocenters. The first-order valence-electron chi connectivity index (χ1n) is 4.68. The average molecular weight is 189 g/mol. The lowest BCUT2D eigenvalue weighted by Gasteiger charge is -2.10.